The fourth-order valence-electron chi connectivity index (χ4n) is 3.96. The van der Waals surface area contributed by atoms with Crippen molar-refractivity contribution in [3.8, 4) is 5.75 Å². The van der Waals surface area contributed by atoms with E-state index in [0.29, 0.717) is 21.9 Å². The summed E-state index contributed by atoms with van der Waals surface area (Å²) in [6, 6.07) is 11.3. The van der Waals surface area contributed by atoms with Crippen molar-refractivity contribution >= 4 is 56.3 Å². The van der Waals surface area contributed by atoms with Crippen LogP contribution in [-0.4, -0.2) is 24.0 Å². The number of methoxy groups -OCH3 is 1. The first kappa shape index (κ1) is 21.3. The van der Waals surface area contributed by atoms with E-state index in [-0.39, 0.29) is 11.0 Å². The Morgan fingerprint density at radius 2 is 1.81 bits per heavy atom. The molecule has 4 N–H and O–H groups in total. The van der Waals surface area contributed by atoms with Crippen LogP contribution in [0.5, 0.6) is 5.75 Å². The molecule has 2 aromatic carbocycles. The van der Waals surface area contributed by atoms with E-state index in [1.807, 2.05) is 30.3 Å². The van der Waals surface area contributed by atoms with Crippen LogP contribution in [0.4, 0.5) is 5.00 Å². The molecule has 0 fully saturated rings. The van der Waals surface area contributed by atoms with Gasteiger partial charge in [-0.1, -0.05) is 30.7 Å². The van der Waals surface area contributed by atoms with E-state index >= 15 is 0 Å². The van der Waals surface area contributed by atoms with Crippen LogP contribution in [0.3, 0.4) is 0 Å². The summed E-state index contributed by atoms with van der Waals surface area (Å²) in [4.78, 5) is 26.2. The molecule has 0 saturated heterocycles. The van der Waals surface area contributed by atoms with Crippen LogP contribution in [0.15, 0.2) is 36.4 Å². The van der Waals surface area contributed by atoms with Crippen LogP contribution in [-0.2, 0) is 12.8 Å². The van der Waals surface area contributed by atoms with E-state index in [0.717, 1.165) is 48.4 Å². The second-order valence-corrected chi connectivity index (χ2v) is 8.95. The third kappa shape index (κ3) is 4.40. The summed E-state index contributed by atoms with van der Waals surface area (Å²) < 4.78 is 5.41. The van der Waals surface area contributed by atoms with Gasteiger partial charge in [-0.2, -0.15) is 0 Å². The fraction of sp³-hybridized carbons (Fsp3) is 0.261. The quantitative estimate of drug-likeness (QED) is 0.402. The smallest absolute Gasteiger partial charge is 0.261 e. The number of benzene rings is 2. The molecule has 4 rings (SSSR count). The summed E-state index contributed by atoms with van der Waals surface area (Å²) in [6.45, 7) is 0. The number of anilines is 1. The molecule has 0 spiro atoms. The van der Waals surface area contributed by atoms with Gasteiger partial charge < -0.3 is 15.8 Å². The Balaban J connectivity index is 1.56. The van der Waals surface area contributed by atoms with Crippen molar-refractivity contribution in [3.05, 3.63) is 58.0 Å². The molecule has 8 heteroatoms. The average molecular weight is 454 g/mol. The maximum atomic E-state index is 12.9. The lowest BCUT2D eigenvalue weighted by molar-refractivity contribution is 0.0973. The number of fused-ring (bicyclic) bond motifs is 2. The number of carbonyl (C=O) groups excluding carboxylic acids is 2. The highest BCUT2D eigenvalue weighted by Crippen LogP contribution is 2.37. The Labute approximate surface area is 189 Å². The highest BCUT2D eigenvalue weighted by atomic mass is 32.1. The topological polar surface area (TPSA) is 93.4 Å². The predicted octanol–water partition coefficient (Wildman–Crippen LogP) is 4.40. The Bertz CT molecular complexity index is 1190. The molecule has 0 radical (unpaired) electrons. The van der Waals surface area contributed by atoms with Gasteiger partial charge in [0.2, 0.25) is 0 Å². The van der Waals surface area contributed by atoms with Crippen molar-refractivity contribution < 1.29 is 14.3 Å². The van der Waals surface area contributed by atoms with Gasteiger partial charge in [-0.05, 0) is 66.4 Å². The average Bonchev–Trinajstić information content (AvgIpc) is 2.93. The van der Waals surface area contributed by atoms with E-state index in [1.165, 1.54) is 23.3 Å². The monoisotopic (exact) mass is 453 g/mol. The number of nitrogens with one attached hydrogen (secondary N) is 2. The van der Waals surface area contributed by atoms with Gasteiger partial charge >= 0.3 is 0 Å². The number of hydrogen-bond acceptors (Lipinski definition) is 5. The predicted molar refractivity (Wildman–Crippen MR) is 128 cm³/mol. The minimum Gasteiger partial charge on any atom is -0.496 e. The van der Waals surface area contributed by atoms with Crippen molar-refractivity contribution in [1.82, 2.24) is 5.32 Å². The van der Waals surface area contributed by atoms with Gasteiger partial charge in [0.15, 0.2) is 5.11 Å². The molecule has 0 atom stereocenters. The summed E-state index contributed by atoms with van der Waals surface area (Å²) in [5, 5.41) is 8.32. The lowest BCUT2D eigenvalue weighted by atomic mass is 10.1. The number of hydrogen-bond donors (Lipinski definition) is 3. The highest BCUT2D eigenvalue weighted by Gasteiger charge is 2.24. The van der Waals surface area contributed by atoms with Gasteiger partial charge in [0, 0.05) is 4.88 Å². The molecule has 0 saturated carbocycles. The van der Waals surface area contributed by atoms with Gasteiger partial charge in [-0.3, -0.25) is 14.9 Å². The number of ether oxygens (including phenoxy) is 1. The molecule has 1 heterocycles. The van der Waals surface area contributed by atoms with Gasteiger partial charge in [-0.25, -0.2) is 0 Å². The van der Waals surface area contributed by atoms with Crippen LogP contribution in [0.1, 0.15) is 50.4 Å². The van der Waals surface area contributed by atoms with Crippen LogP contribution >= 0.6 is 23.6 Å². The van der Waals surface area contributed by atoms with Gasteiger partial charge in [0.1, 0.15) is 10.8 Å². The minimum atomic E-state index is -0.479. The zero-order chi connectivity index (χ0) is 22.0. The molecule has 0 aliphatic heterocycles. The Hall–Kier alpha value is -2.97. The second kappa shape index (κ2) is 9.03. The molecule has 160 valence electrons. The van der Waals surface area contributed by atoms with Gasteiger partial charge in [0.25, 0.3) is 11.8 Å². The molecular formula is C23H23N3O3S2. The Morgan fingerprint density at radius 1 is 1.10 bits per heavy atom. The molecule has 1 aliphatic carbocycles. The fourth-order valence-corrected chi connectivity index (χ4v) is 5.52. The minimum absolute atomic E-state index is 0.110. The maximum absolute atomic E-state index is 12.9. The molecule has 0 bridgehead atoms. The highest BCUT2D eigenvalue weighted by molar-refractivity contribution is 7.80. The number of aryl methyl sites for hydroxylation is 1. The number of rotatable bonds is 4. The molecule has 6 nitrogen and oxygen atoms in total. The van der Waals surface area contributed by atoms with E-state index in [2.05, 4.69) is 10.6 Å². The van der Waals surface area contributed by atoms with Gasteiger partial charge in [-0.15, -0.1) is 11.3 Å². The number of primary amides is 1. The zero-order valence-corrected chi connectivity index (χ0v) is 18.8. The van der Waals surface area contributed by atoms with Crippen molar-refractivity contribution in [2.24, 2.45) is 5.73 Å². The lowest BCUT2D eigenvalue weighted by Gasteiger charge is -2.13. The van der Waals surface area contributed by atoms with Gasteiger partial charge in [0.05, 0.1) is 18.2 Å². The summed E-state index contributed by atoms with van der Waals surface area (Å²) in [6.07, 6.45) is 5.03. The Morgan fingerprint density at radius 3 is 2.52 bits per heavy atom. The third-order valence-electron chi connectivity index (χ3n) is 5.43. The number of nitrogens with two attached hydrogens (primary N) is 1. The molecule has 3 aromatic rings. The number of carbonyl (C=O) groups is 2. The number of thiophene rings is 1. The molecule has 1 aliphatic rings. The number of thiocarbonyl (C=S) groups is 1. The molecule has 0 unspecified atom stereocenters. The second-order valence-electron chi connectivity index (χ2n) is 7.44. The van der Waals surface area contributed by atoms with Crippen molar-refractivity contribution in [3.63, 3.8) is 0 Å². The Kier molecular flexibility index (Phi) is 6.20. The summed E-state index contributed by atoms with van der Waals surface area (Å²) in [5.41, 5.74) is 7.55. The van der Waals surface area contributed by atoms with Crippen LogP contribution < -0.4 is 21.1 Å². The summed E-state index contributed by atoms with van der Waals surface area (Å²) >= 11 is 6.86. The molecular weight excluding hydrogens is 430 g/mol. The van der Waals surface area contributed by atoms with Crippen molar-refractivity contribution in [2.45, 2.75) is 32.1 Å². The molecule has 2 amide bonds. The summed E-state index contributed by atoms with van der Waals surface area (Å²) in [5.74, 6) is -0.411. The molecule has 1 aromatic heterocycles. The van der Waals surface area contributed by atoms with E-state index in [1.54, 1.807) is 6.07 Å². The first-order valence-corrected chi connectivity index (χ1v) is 11.3. The third-order valence-corrected chi connectivity index (χ3v) is 6.85. The van der Waals surface area contributed by atoms with Crippen LogP contribution in [0, 0.1) is 0 Å². The zero-order valence-electron chi connectivity index (χ0n) is 17.1. The van der Waals surface area contributed by atoms with E-state index in [9.17, 15) is 9.59 Å². The van der Waals surface area contributed by atoms with E-state index in [4.69, 9.17) is 22.7 Å². The molecule has 31 heavy (non-hydrogen) atoms. The normalized spacial score (nSPS) is 13.2. The van der Waals surface area contributed by atoms with Crippen LogP contribution in [0.25, 0.3) is 10.8 Å². The SMILES string of the molecule is COc1cc2ccccc2cc1C(=O)NC(=S)Nc1sc2c(c1C(N)=O)CCCCC2. The largest absolute Gasteiger partial charge is 0.496 e. The van der Waals surface area contributed by atoms with E-state index < -0.39 is 5.91 Å². The van der Waals surface area contributed by atoms with Crippen molar-refractivity contribution in [1.29, 1.82) is 0 Å². The van der Waals surface area contributed by atoms with Crippen molar-refractivity contribution in [2.75, 3.05) is 12.4 Å². The first-order chi connectivity index (χ1) is 15.0. The number of amides is 2. The summed E-state index contributed by atoms with van der Waals surface area (Å²) in [7, 11) is 1.52. The lowest BCUT2D eigenvalue weighted by Crippen LogP contribution is -2.34. The first-order valence-electron chi connectivity index (χ1n) is 10.1. The maximum Gasteiger partial charge on any atom is 0.261 e. The standard InChI is InChI=1S/C23H23N3O3S2/c1-29-17-12-14-8-6-5-7-13(14)11-16(17)21(28)25-23(30)26-22-19(20(24)27)15-9-3-2-4-10-18(15)31-22/h5-8,11-12H,2-4,9-10H2,1H3,(H2,24,27)(H2,25,26,28,30). The van der Waals surface area contributed by atoms with Crippen LogP contribution in [0.2, 0.25) is 0 Å².